The zero-order valence-electron chi connectivity index (χ0n) is 13.3. The molecule has 6 nitrogen and oxygen atoms in total. The summed E-state index contributed by atoms with van der Waals surface area (Å²) in [5, 5.41) is 0. The Hall–Kier alpha value is -2.67. The summed E-state index contributed by atoms with van der Waals surface area (Å²) in [6.07, 6.45) is 1.56. The van der Waals surface area contributed by atoms with Gasteiger partial charge in [-0.15, -0.1) is 0 Å². The molecule has 1 saturated heterocycles. The number of imidazole rings is 1. The monoisotopic (exact) mass is 398 g/mol. The lowest BCUT2D eigenvalue weighted by molar-refractivity contribution is -0.127. The first-order valence-electron chi connectivity index (χ1n) is 7.85. The summed E-state index contributed by atoms with van der Waals surface area (Å²) in [6, 6.07) is 13.4. The van der Waals surface area contributed by atoms with Gasteiger partial charge in [0.2, 0.25) is 5.91 Å². The molecule has 1 aliphatic rings. The molecule has 0 unspecified atom stereocenters. The molecule has 126 valence electrons. The van der Waals surface area contributed by atoms with Gasteiger partial charge in [-0.05, 0) is 17.7 Å². The first-order chi connectivity index (χ1) is 12.1. The number of H-pyrrole nitrogens is 1. The number of halogens is 1. The molecule has 2 aromatic carbocycles. The van der Waals surface area contributed by atoms with Crippen molar-refractivity contribution in [3.05, 3.63) is 64.4 Å². The third kappa shape index (κ3) is 3.02. The van der Waals surface area contributed by atoms with E-state index in [0.717, 1.165) is 15.6 Å². The Labute approximate surface area is 152 Å². The highest BCUT2D eigenvalue weighted by Crippen LogP contribution is 2.24. The maximum Gasteiger partial charge on any atom is 0.258 e. The standard InChI is InChI=1S/C18H15BrN4O2/c19-13-6-14(17-15(7-13)20-10-21-17)18(25)23-9-16(24)22(11-23)8-12-4-2-1-3-5-12/h1-7,10H,8-9,11H2,(H,20,21). The van der Waals surface area contributed by atoms with Gasteiger partial charge in [0.25, 0.3) is 5.91 Å². The van der Waals surface area contributed by atoms with Gasteiger partial charge < -0.3 is 14.8 Å². The number of nitrogens with zero attached hydrogens (tertiary/aromatic N) is 3. The van der Waals surface area contributed by atoms with E-state index < -0.39 is 0 Å². The number of carbonyl (C=O) groups excluding carboxylic acids is 2. The van der Waals surface area contributed by atoms with Crippen molar-refractivity contribution in [2.24, 2.45) is 0 Å². The van der Waals surface area contributed by atoms with E-state index in [1.54, 1.807) is 22.2 Å². The number of benzene rings is 2. The molecule has 1 aliphatic heterocycles. The van der Waals surface area contributed by atoms with Crippen molar-refractivity contribution >= 4 is 38.8 Å². The SMILES string of the molecule is O=C1CN(C(=O)c2cc(Br)cc3[nH]cnc23)CN1Cc1ccccc1. The van der Waals surface area contributed by atoms with Crippen molar-refractivity contribution in [3.8, 4) is 0 Å². The van der Waals surface area contributed by atoms with E-state index in [0.29, 0.717) is 17.6 Å². The number of hydrogen-bond donors (Lipinski definition) is 1. The molecule has 0 spiro atoms. The Balaban J connectivity index is 1.57. The van der Waals surface area contributed by atoms with Gasteiger partial charge in [-0.3, -0.25) is 9.59 Å². The van der Waals surface area contributed by atoms with Crippen LogP contribution < -0.4 is 0 Å². The summed E-state index contributed by atoms with van der Waals surface area (Å²) in [4.78, 5) is 35.7. The first kappa shape index (κ1) is 15.8. The second-order valence-electron chi connectivity index (χ2n) is 5.97. The number of carbonyl (C=O) groups is 2. The summed E-state index contributed by atoms with van der Waals surface area (Å²) in [5.41, 5.74) is 2.92. The summed E-state index contributed by atoms with van der Waals surface area (Å²) in [6.45, 7) is 0.870. The Bertz CT molecular complexity index is 954. The van der Waals surface area contributed by atoms with Crippen LogP contribution in [0.1, 0.15) is 15.9 Å². The normalized spacial score (nSPS) is 14.5. The largest absolute Gasteiger partial charge is 0.345 e. The number of aromatic amines is 1. The van der Waals surface area contributed by atoms with Crippen LogP contribution in [0, 0.1) is 0 Å². The van der Waals surface area contributed by atoms with E-state index in [-0.39, 0.29) is 25.0 Å². The molecule has 1 aromatic heterocycles. The van der Waals surface area contributed by atoms with E-state index in [4.69, 9.17) is 0 Å². The molecule has 1 fully saturated rings. The molecule has 3 aromatic rings. The van der Waals surface area contributed by atoms with Gasteiger partial charge >= 0.3 is 0 Å². The van der Waals surface area contributed by atoms with Crippen molar-refractivity contribution in [1.82, 2.24) is 19.8 Å². The van der Waals surface area contributed by atoms with Gasteiger partial charge in [-0.2, -0.15) is 0 Å². The molecule has 0 radical (unpaired) electrons. The third-order valence-electron chi connectivity index (χ3n) is 4.24. The third-order valence-corrected chi connectivity index (χ3v) is 4.70. The van der Waals surface area contributed by atoms with Crippen LogP contribution in [-0.4, -0.2) is 44.8 Å². The highest BCUT2D eigenvalue weighted by Gasteiger charge is 2.32. The van der Waals surface area contributed by atoms with Crippen LogP contribution in [-0.2, 0) is 11.3 Å². The molecule has 0 bridgehead atoms. The van der Waals surface area contributed by atoms with Crippen LogP contribution in [0.15, 0.2) is 53.3 Å². The molecule has 0 aliphatic carbocycles. The lowest BCUT2D eigenvalue weighted by Crippen LogP contribution is -2.31. The van der Waals surface area contributed by atoms with Crippen LogP contribution in [0.2, 0.25) is 0 Å². The predicted octanol–water partition coefficient (Wildman–Crippen LogP) is 2.77. The topological polar surface area (TPSA) is 69.3 Å². The Morgan fingerprint density at radius 2 is 2.04 bits per heavy atom. The fourth-order valence-electron chi connectivity index (χ4n) is 3.02. The fourth-order valence-corrected chi connectivity index (χ4v) is 3.48. The lowest BCUT2D eigenvalue weighted by atomic mass is 10.1. The van der Waals surface area contributed by atoms with Crippen LogP contribution in [0.25, 0.3) is 11.0 Å². The molecule has 4 rings (SSSR count). The van der Waals surface area contributed by atoms with Gasteiger partial charge in [0.1, 0.15) is 12.1 Å². The minimum Gasteiger partial charge on any atom is -0.345 e. The number of nitrogens with one attached hydrogen (secondary N) is 1. The van der Waals surface area contributed by atoms with Crippen LogP contribution in [0.5, 0.6) is 0 Å². The second-order valence-corrected chi connectivity index (χ2v) is 6.89. The molecular formula is C18H15BrN4O2. The lowest BCUT2D eigenvalue weighted by Gasteiger charge is -2.18. The van der Waals surface area contributed by atoms with Crippen molar-refractivity contribution in [2.45, 2.75) is 6.54 Å². The van der Waals surface area contributed by atoms with Crippen molar-refractivity contribution < 1.29 is 9.59 Å². The van der Waals surface area contributed by atoms with Gasteiger partial charge in [0.05, 0.1) is 24.1 Å². The maximum absolute atomic E-state index is 12.9. The highest BCUT2D eigenvalue weighted by atomic mass is 79.9. The van der Waals surface area contributed by atoms with Gasteiger partial charge in [-0.1, -0.05) is 46.3 Å². The van der Waals surface area contributed by atoms with Crippen LogP contribution >= 0.6 is 15.9 Å². The highest BCUT2D eigenvalue weighted by molar-refractivity contribution is 9.10. The molecule has 25 heavy (non-hydrogen) atoms. The van der Waals surface area contributed by atoms with E-state index in [1.807, 2.05) is 36.4 Å². The zero-order valence-corrected chi connectivity index (χ0v) is 14.9. The second kappa shape index (κ2) is 6.33. The van der Waals surface area contributed by atoms with Crippen molar-refractivity contribution in [3.63, 3.8) is 0 Å². The number of fused-ring (bicyclic) bond motifs is 1. The number of aromatic nitrogens is 2. The summed E-state index contributed by atoms with van der Waals surface area (Å²) < 4.78 is 0.791. The molecule has 0 atom stereocenters. The Morgan fingerprint density at radius 3 is 2.84 bits per heavy atom. The van der Waals surface area contributed by atoms with Crippen LogP contribution in [0.4, 0.5) is 0 Å². The van der Waals surface area contributed by atoms with E-state index in [9.17, 15) is 9.59 Å². The number of rotatable bonds is 3. The van der Waals surface area contributed by atoms with E-state index >= 15 is 0 Å². The average molecular weight is 399 g/mol. The summed E-state index contributed by atoms with van der Waals surface area (Å²) in [5.74, 6) is -0.243. The van der Waals surface area contributed by atoms with E-state index in [1.165, 1.54) is 0 Å². The Morgan fingerprint density at radius 1 is 1.24 bits per heavy atom. The molecule has 0 saturated carbocycles. The molecule has 7 heteroatoms. The van der Waals surface area contributed by atoms with Gasteiger partial charge in [0.15, 0.2) is 0 Å². The number of hydrogen-bond acceptors (Lipinski definition) is 3. The van der Waals surface area contributed by atoms with Gasteiger partial charge in [-0.25, -0.2) is 4.98 Å². The first-order valence-corrected chi connectivity index (χ1v) is 8.65. The maximum atomic E-state index is 12.9. The quantitative estimate of drug-likeness (QED) is 0.737. The summed E-state index contributed by atoms with van der Waals surface area (Å²) >= 11 is 3.42. The number of amides is 2. The predicted molar refractivity (Wildman–Crippen MR) is 96.7 cm³/mol. The zero-order chi connectivity index (χ0) is 17.4. The van der Waals surface area contributed by atoms with Crippen molar-refractivity contribution in [2.75, 3.05) is 13.2 Å². The fraction of sp³-hybridized carbons (Fsp3) is 0.167. The molecule has 1 N–H and O–H groups in total. The smallest absolute Gasteiger partial charge is 0.258 e. The summed E-state index contributed by atoms with van der Waals surface area (Å²) in [7, 11) is 0. The van der Waals surface area contributed by atoms with E-state index in [2.05, 4.69) is 25.9 Å². The molecule has 2 amide bonds. The average Bonchev–Trinajstić information content (AvgIpc) is 3.21. The van der Waals surface area contributed by atoms with Gasteiger partial charge in [0, 0.05) is 11.0 Å². The molecule has 2 heterocycles. The Kier molecular flexibility index (Phi) is 4.01. The molecular weight excluding hydrogens is 384 g/mol. The minimum atomic E-state index is -0.192. The van der Waals surface area contributed by atoms with Crippen molar-refractivity contribution in [1.29, 1.82) is 0 Å². The van der Waals surface area contributed by atoms with Crippen LogP contribution in [0.3, 0.4) is 0 Å². The minimum absolute atomic E-state index is 0.0505.